The summed E-state index contributed by atoms with van der Waals surface area (Å²) in [7, 11) is 0. The Kier molecular flexibility index (Phi) is 9.06. The van der Waals surface area contributed by atoms with Crippen molar-refractivity contribution in [1.82, 2.24) is 10.4 Å². The van der Waals surface area contributed by atoms with Gasteiger partial charge in [0.1, 0.15) is 36.9 Å². The number of ether oxygens (including phenoxy) is 2. The molecule has 32 heavy (non-hydrogen) atoms. The fraction of sp³-hybridized carbons (Fsp3) is 0.240. The second-order valence-electron chi connectivity index (χ2n) is 7.27. The third-order valence-corrected chi connectivity index (χ3v) is 4.53. The molecular weight excluding hydrogens is 408 g/mol. The largest absolute Gasteiger partial charge is 0.491 e. The van der Waals surface area contributed by atoms with E-state index in [1.54, 1.807) is 48.5 Å². The zero-order valence-electron chi connectivity index (χ0n) is 17.7. The van der Waals surface area contributed by atoms with Gasteiger partial charge in [0.25, 0.3) is 5.91 Å². The Morgan fingerprint density at radius 3 is 1.56 bits per heavy atom. The van der Waals surface area contributed by atoms with Crippen molar-refractivity contribution in [1.29, 1.82) is 0 Å². The molecule has 0 bridgehead atoms. The van der Waals surface area contributed by atoms with Crippen LogP contribution in [0.25, 0.3) is 0 Å². The van der Waals surface area contributed by atoms with Gasteiger partial charge < -0.3 is 19.7 Å². The highest BCUT2D eigenvalue weighted by Crippen LogP contribution is 2.10. The summed E-state index contributed by atoms with van der Waals surface area (Å²) in [6.45, 7) is 0.207. The number of para-hydroxylation sites is 2. The average Bonchev–Trinajstić information content (AvgIpc) is 2.83. The highest BCUT2D eigenvalue weighted by molar-refractivity contribution is 5.93. The molecule has 0 aliphatic carbocycles. The van der Waals surface area contributed by atoms with Gasteiger partial charge in [0.05, 0.1) is 0 Å². The number of nitrogens with zero attached hydrogens (tertiary/aromatic N) is 1. The molecule has 168 valence electrons. The highest BCUT2D eigenvalue weighted by atomic mass is 16.5. The van der Waals surface area contributed by atoms with Crippen LogP contribution in [-0.2, 0) is 0 Å². The van der Waals surface area contributed by atoms with Crippen molar-refractivity contribution in [3.8, 4) is 11.5 Å². The predicted molar refractivity (Wildman–Crippen MR) is 121 cm³/mol. The molecule has 7 nitrogen and oxygen atoms in total. The number of hydrazine groups is 1. The van der Waals surface area contributed by atoms with E-state index in [1.165, 1.54) is 5.01 Å². The van der Waals surface area contributed by atoms with E-state index < -0.39 is 12.2 Å². The molecule has 0 spiro atoms. The highest BCUT2D eigenvalue weighted by Gasteiger charge is 2.19. The number of nitrogens with one attached hydrogen (secondary N) is 1. The average molecular weight is 437 g/mol. The monoisotopic (exact) mass is 436 g/mol. The van der Waals surface area contributed by atoms with Crippen molar-refractivity contribution < 1.29 is 24.5 Å². The minimum atomic E-state index is -0.895. The summed E-state index contributed by atoms with van der Waals surface area (Å²) < 4.78 is 11.2. The first-order valence-corrected chi connectivity index (χ1v) is 10.4. The lowest BCUT2D eigenvalue weighted by Crippen LogP contribution is -2.51. The molecule has 0 saturated heterocycles. The molecule has 0 fully saturated rings. The number of benzene rings is 3. The molecular formula is C25H28N2O5. The number of aliphatic hydroxyl groups is 2. The van der Waals surface area contributed by atoms with Crippen molar-refractivity contribution in [2.45, 2.75) is 12.2 Å². The standard InChI is InChI=1S/C25H28N2O5/c28-21(18-31-23-12-6-2-7-13-23)16-27(26-25(30)20-10-4-1-5-11-20)17-22(29)19-32-24-14-8-3-9-15-24/h1-15,21-22,28-29H,16-19H2,(H,26,30)/t21-,22-/m0/s1. The fourth-order valence-corrected chi connectivity index (χ4v) is 3.00. The zero-order chi connectivity index (χ0) is 22.6. The lowest BCUT2D eigenvalue weighted by Gasteiger charge is -2.27. The van der Waals surface area contributed by atoms with E-state index in [2.05, 4.69) is 5.43 Å². The van der Waals surface area contributed by atoms with Crippen LogP contribution in [0.4, 0.5) is 0 Å². The van der Waals surface area contributed by atoms with E-state index in [0.29, 0.717) is 17.1 Å². The van der Waals surface area contributed by atoms with E-state index in [-0.39, 0.29) is 32.2 Å². The normalized spacial score (nSPS) is 12.7. The van der Waals surface area contributed by atoms with E-state index in [4.69, 9.17) is 9.47 Å². The third-order valence-electron chi connectivity index (χ3n) is 4.53. The number of hydrogen-bond acceptors (Lipinski definition) is 6. The Hall–Kier alpha value is -3.39. The predicted octanol–water partition coefficient (Wildman–Crippen LogP) is 2.51. The maximum Gasteiger partial charge on any atom is 0.265 e. The topological polar surface area (TPSA) is 91.3 Å². The van der Waals surface area contributed by atoms with Crippen molar-refractivity contribution in [2.24, 2.45) is 0 Å². The molecule has 0 aliphatic heterocycles. The Morgan fingerprint density at radius 2 is 1.12 bits per heavy atom. The lowest BCUT2D eigenvalue weighted by molar-refractivity contribution is 0.0105. The molecule has 3 rings (SSSR count). The Balaban J connectivity index is 1.57. The smallest absolute Gasteiger partial charge is 0.265 e. The van der Waals surface area contributed by atoms with Gasteiger partial charge in [-0.25, -0.2) is 5.01 Å². The summed E-state index contributed by atoms with van der Waals surface area (Å²) in [5.74, 6) is 0.948. The second kappa shape index (κ2) is 12.5. The number of rotatable bonds is 12. The number of carbonyl (C=O) groups excluding carboxylic acids is 1. The molecule has 0 aliphatic rings. The summed E-state index contributed by atoms with van der Waals surface area (Å²) >= 11 is 0. The van der Waals surface area contributed by atoms with Crippen LogP contribution in [0.5, 0.6) is 11.5 Å². The summed E-state index contributed by atoms with van der Waals surface area (Å²) in [6.07, 6.45) is -1.79. The number of aliphatic hydroxyl groups excluding tert-OH is 2. The van der Waals surface area contributed by atoms with Gasteiger partial charge in [-0.05, 0) is 36.4 Å². The van der Waals surface area contributed by atoms with Crippen LogP contribution < -0.4 is 14.9 Å². The molecule has 0 saturated carbocycles. The Bertz CT molecular complexity index is 873. The quantitative estimate of drug-likeness (QED) is 0.378. The van der Waals surface area contributed by atoms with E-state index in [9.17, 15) is 15.0 Å². The van der Waals surface area contributed by atoms with Crippen LogP contribution in [0.2, 0.25) is 0 Å². The molecule has 0 radical (unpaired) electrons. The van der Waals surface area contributed by atoms with Crippen LogP contribution >= 0.6 is 0 Å². The first kappa shape index (κ1) is 23.3. The molecule has 0 unspecified atom stereocenters. The molecule has 7 heteroatoms. The first-order valence-electron chi connectivity index (χ1n) is 10.4. The van der Waals surface area contributed by atoms with Crippen LogP contribution in [-0.4, -0.2) is 59.6 Å². The molecule has 3 aromatic rings. The van der Waals surface area contributed by atoms with Gasteiger partial charge in [-0.3, -0.25) is 10.2 Å². The van der Waals surface area contributed by atoms with Crippen molar-refractivity contribution in [2.75, 3.05) is 26.3 Å². The lowest BCUT2D eigenvalue weighted by atomic mass is 10.2. The van der Waals surface area contributed by atoms with E-state index in [0.717, 1.165) is 0 Å². The van der Waals surface area contributed by atoms with Gasteiger partial charge in [0.2, 0.25) is 0 Å². The number of carbonyl (C=O) groups is 1. The minimum absolute atomic E-state index is 0.0400. The summed E-state index contributed by atoms with van der Waals surface area (Å²) in [5, 5.41) is 22.4. The SMILES string of the molecule is O=C(NN(C[C@H](O)COc1ccccc1)C[C@H](O)COc1ccccc1)c1ccccc1. The van der Waals surface area contributed by atoms with Crippen molar-refractivity contribution in [3.63, 3.8) is 0 Å². The maximum atomic E-state index is 12.6. The van der Waals surface area contributed by atoms with Crippen molar-refractivity contribution >= 4 is 5.91 Å². The van der Waals surface area contributed by atoms with Crippen LogP contribution in [0.1, 0.15) is 10.4 Å². The molecule has 3 N–H and O–H groups in total. The third kappa shape index (κ3) is 8.03. The van der Waals surface area contributed by atoms with Crippen LogP contribution in [0.15, 0.2) is 91.0 Å². The van der Waals surface area contributed by atoms with Gasteiger partial charge in [-0.15, -0.1) is 0 Å². The van der Waals surface area contributed by atoms with Gasteiger partial charge in [-0.2, -0.15) is 0 Å². The number of amides is 1. The number of hydrogen-bond donors (Lipinski definition) is 3. The Morgan fingerprint density at radius 1 is 0.719 bits per heavy atom. The fourth-order valence-electron chi connectivity index (χ4n) is 3.00. The van der Waals surface area contributed by atoms with E-state index in [1.807, 2.05) is 42.5 Å². The second-order valence-corrected chi connectivity index (χ2v) is 7.27. The van der Waals surface area contributed by atoms with Gasteiger partial charge >= 0.3 is 0 Å². The van der Waals surface area contributed by atoms with Gasteiger partial charge in [0.15, 0.2) is 0 Å². The van der Waals surface area contributed by atoms with Crippen molar-refractivity contribution in [3.05, 3.63) is 96.6 Å². The maximum absolute atomic E-state index is 12.6. The van der Waals surface area contributed by atoms with E-state index >= 15 is 0 Å². The van der Waals surface area contributed by atoms with Crippen LogP contribution in [0, 0.1) is 0 Å². The zero-order valence-corrected chi connectivity index (χ0v) is 17.7. The summed E-state index contributed by atoms with van der Waals surface area (Å²) in [4.78, 5) is 12.6. The molecule has 0 heterocycles. The summed E-state index contributed by atoms with van der Waals surface area (Å²) in [6, 6.07) is 27.1. The van der Waals surface area contributed by atoms with Crippen LogP contribution in [0.3, 0.4) is 0 Å². The first-order chi connectivity index (χ1) is 15.6. The molecule has 0 aromatic heterocycles. The molecule has 2 atom stereocenters. The van der Waals surface area contributed by atoms with Gasteiger partial charge in [-0.1, -0.05) is 54.6 Å². The van der Waals surface area contributed by atoms with Gasteiger partial charge in [0, 0.05) is 18.7 Å². The molecule has 3 aromatic carbocycles. The molecule has 1 amide bonds. The minimum Gasteiger partial charge on any atom is -0.491 e. The Labute approximate surface area is 187 Å². The summed E-state index contributed by atoms with van der Waals surface area (Å²) in [5.41, 5.74) is 3.23.